The van der Waals surface area contributed by atoms with Crippen LogP contribution in [0, 0.1) is 21.8 Å². The molecule has 8 heteroatoms. The van der Waals surface area contributed by atoms with Crippen molar-refractivity contribution in [1.82, 2.24) is 4.90 Å². The fourth-order valence-electron chi connectivity index (χ4n) is 2.50. The molecule has 0 bridgehead atoms. The molecule has 0 radical (unpaired) electrons. The summed E-state index contributed by atoms with van der Waals surface area (Å²) in [4.78, 5) is 23.0. The monoisotopic (exact) mass is 318 g/mol. The van der Waals surface area contributed by atoms with Gasteiger partial charge in [-0.1, -0.05) is 6.07 Å². The van der Waals surface area contributed by atoms with Gasteiger partial charge in [0.15, 0.2) is 0 Å². The van der Waals surface area contributed by atoms with Crippen molar-refractivity contribution < 1.29 is 19.2 Å². The van der Waals surface area contributed by atoms with Gasteiger partial charge in [-0.05, 0) is 25.5 Å². The summed E-state index contributed by atoms with van der Waals surface area (Å²) < 4.78 is 13.8. The van der Waals surface area contributed by atoms with Crippen molar-refractivity contribution >= 4 is 24.1 Å². The number of piperidine rings is 1. The molecule has 0 saturated carbocycles. The first-order valence-corrected chi connectivity index (χ1v) is 6.36. The van der Waals surface area contributed by atoms with Gasteiger partial charge in [-0.2, -0.15) is 0 Å². The fraction of sp³-hybridized carbons (Fsp3) is 0.462. The zero-order valence-corrected chi connectivity index (χ0v) is 12.0. The molecular weight excluding hydrogens is 303 g/mol. The van der Waals surface area contributed by atoms with E-state index in [2.05, 4.69) is 0 Å². The van der Waals surface area contributed by atoms with Crippen molar-refractivity contribution in [3.8, 4) is 0 Å². The van der Waals surface area contributed by atoms with Gasteiger partial charge < -0.3 is 5.11 Å². The Morgan fingerprint density at radius 3 is 2.86 bits per heavy atom. The maximum absolute atomic E-state index is 13.8. The molecule has 1 aromatic rings. The highest BCUT2D eigenvalue weighted by molar-refractivity contribution is 5.85. The molecule has 1 aliphatic rings. The first-order chi connectivity index (χ1) is 9.49. The predicted octanol–water partition coefficient (Wildman–Crippen LogP) is 2.45. The van der Waals surface area contributed by atoms with Crippen LogP contribution < -0.4 is 0 Å². The number of hydrogen-bond donors (Lipinski definition) is 1. The molecule has 0 aliphatic carbocycles. The van der Waals surface area contributed by atoms with Crippen molar-refractivity contribution in [2.24, 2.45) is 5.92 Å². The number of nitrogens with zero attached hydrogens (tertiary/aromatic N) is 2. The standard InChI is InChI=1S/C13H15FN2O4.ClH/c14-11-4-1-5-12(16(19)20)10(11)8-15-6-2-3-9(7-15)13(17)18;/h1,4-5,9H,2-3,6-8H2,(H,17,18);1H. The molecule has 1 atom stereocenters. The number of carboxylic acid groups (broad SMARTS) is 1. The maximum atomic E-state index is 13.8. The number of nitro benzene ring substituents is 1. The van der Waals surface area contributed by atoms with Gasteiger partial charge in [0.05, 0.1) is 16.4 Å². The molecule has 1 aromatic carbocycles. The van der Waals surface area contributed by atoms with Crippen LogP contribution in [-0.4, -0.2) is 34.0 Å². The second-order valence-electron chi connectivity index (χ2n) is 4.91. The van der Waals surface area contributed by atoms with Crippen LogP contribution in [0.25, 0.3) is 0 Å². The molecule has 1 saturated heterocycles. The third-order valence-electron chi connectivity index (χ3n) is 3.53. The summed E-state index contributed by atoms with van der Waals surface area (Å²) in [5.74, 6) is -2.00. The average molecular weight is 319 g/mol. The number of halogens is 2. The van der Waals surface area contributed by atoms with Gasteiger partial charge in [-0.25, -0.2) is 4.39 Å². The Hall–Kier alpha value is -1.73. The quantitative estimate of drug-likeness (QED) is 0.681. The predicted molar refractivity (Wildman–Crippen MR) is 75.9 cm³/mol. The fourth-order valence-corrected chi connectivity index (χ4v) is 2.50. The molecule has 1 N–H and O–H groups in total. The number of benzene rings is 1. The highest BCUT2D eigenvalue weighted by Crippen LogP contribution is 2.25. The Bertz CT molecular complexity index is 541. The van der Waals surface area contributed by atoms with Gasteiger partial charge in [0.2, 0.25) is 0 Å². The van der Waals surface area contributed by atoms with Gasteiger partial charge >= 0.3 is 5.97 Å². The van der Waals surface area contributed by atoms with Crippen molar-refractivity contribution in [1.29, 1.82) is 0 Å². The van der Waals surface area contributed by atoms with Crippen LogP contribution in [0.3, 0.4) is 0 Å². The lowest BCUT2D eigenvalue weighted by Crippen LogP contribution is -2.38. The van der Waals surface area contributed by atoms with Crippen LogP contribution in [0.2, 0.25) is 0 Å². The summed E-state index contributed by atoms with van der Waals surface area (Å²) in [6.07, 6.45) is 1.28. The van der Waals surface area contributed by atoms with Crippen LogP contribution in [0.15, 0.2) is 18.2 Å². The second-order valence-corrected chi connectivity index (χ2v) is 4.91. The number of hydrogen-bond acceptors (Lipinski definition) is 4. The summed E-state index contributed by atoms with van der Waals surface area (Å²) in [6.45, 7) is 0.975. The molecule has 0 aromatic heterocycles. The minimum absolute atomic E-state index is 0. The van der Waals surface area contributed by atoms with E-state index in [4.69, 9.17) is 5.11 Å². The molecule has 2 rings (SSSR count). The molecular formula is C13H16ClFN2O4. The zero-order chi connectivity index (χ0) is 14.7. The van der Waals surface area contributed by atoms with Crippen molar-refractivity contribution in [2.75, 3.05) is 13.1 Å². The zero-order valence-electron chi connectivity index (χ0n) is 11.2. The van der Waals surface area contributed by atoms with E-state index >= 15 is 0 Å². The molecule has 21 heavy (non-hydrogen) atoms. The van der Waals surface area contributed by atoms with Crippen LogP contribution in [0.4, 0.5) is 10.1 Å². The summed E-state index contributed by atoms with van der Waals surface area (Å²) in [5, 5.41) is 19.9. The highest BCUT2D eigenvalue weighted by atomic mass is 35.5. The Balaban J connectivity index is 0.00000220. The van der Waals surface area contributed by atoms with Gasteiger partial charge in [-0.3, -0.25) is 19.8 Å². The number of carboxylic acids is 1. The lowest BCUT2D eigenvalue weighted by atomic mass is 9.97. The Kier molecular flexibility index (Phi) is 6.04. The third kappa shape index (κ3) is 4.12. The molecule has 0 amide bonds. The molecule has 1 heterocycles. The van der Waals surface area contributed by atoms with Crippen LogP contribution in [-0.2, 0) is 11.3 Å². The molecule has 1 aliphatic heterocycles. The smallest absolute Gasteiger partial charge is 0.307 e. The van der Waals surface area contributed by atoms with E-state index in [1.54, 1.807) is 4.90 Å². The SMILES string of the molecule is Cl.O=C(O)C1CCCN(Cc2c(F)cccc2[N+](=O)[O-])C1. The minimum Gasteiger partial charge on any atom is -0.481 e. The van der Waals surface area contributed by atoms with E-state index in [-0.39, 0.29) is 30.2 Å². The normalized spacial score (nSPS) is 18.8. The largest absolute Gasteiger partial charge is 0.481 e. The molecule has 1 unspecified atom stereocenters. The maximum Gasteiger partial charge on any atom is 0.307 e. The summed E-state index contributed by atoms with van der Waals surface area (Å²) >= 11 is 0. The lowest BCUT2D eigenvalue weighted by Gasteiger charge is -2.30. The average Bonchev–Trinajstić information content (AvgIpc) is 2.41. The molecule has 1 fully saturated rings. The van der Waals surface area contributed by atoms with Crippen LogP contribution in [0.1, 0.15) is 18.4 Å². The van der Waals surface area contributed by atoms with E-state index in [0.717, 1.165) is 0 Å². The van der Waals surface area contributed by atoms with Gasteiger partial charge in [0.1, 0.15) is 5.82 Å². The van der Waals surface area contributed by atoms with Gasteiger partial charge in [-0.15, -0.1) is 12.4 Å². The van der Waals surface area contributed by atoms with E-state index in [1.165, 1.54) is 18.2 Å². The number of likely N-dealkylation sites (tertiary alicyclic amines) is 1. The first kappa shape index (κ1) is 17.3. The van der Waals surface area contributed by atoms with Gasteiger partial charge in [0.25, 0.3) is 5.69 Å². The van der Waals surface area contributed by atoms with Crippen molar-refractivity contribution in [3.63, 3.8) is 0 Å². The van der Waals surface area contributed by atoms with Crippen LogP contribution in [0.5, 0.6) is 0 Å². The summed E-state index contributed by atoms with van der Waals surface area (Å²) in [6, 6.07) is 3.74. The lowest BCUT2D eigenvalue weighted by molar-refractivity contribution is -0.386. The van der Waals surface area contributed by atoms with E-state index in [1.807, 2.05) is 0 Å². The number of rotatable bonds is 4. The second kappa shape index (κ2) is 7.33. The third-order valence-corrected chi connectivity index (χ3v) is 3.53. The number of carbonyl (C=O) groups is 1. The minimum atomic E-state index is -0.877. The van der Waals surface area contributed by atoms with E-state index < -0.39 is 22.6 Å². The summed E-state index contributed by atoms with van der Waals surface area (Å²) in [7, 11) is 0. The van der Waals surface area contributed by atoms with E-state index in [9.17, 15) is 19.3 Å². The topological polar surface area (TPSA) is 83.7 Å². The van der Waals surface area contributed by atoms with Crippen LogP contribution >= 0.6 is 12.4 Å². The Labute approximate surface area is 127 Å². The number of nitro groups is 1. The Morgan fingerprint density at radius 2 is 2.24 bits per heavy atom. The van der Waals surface area contributed by atoms with Gasteiger partial charge in [0, 0.05) is 19.2 Å². The molecule has 0 spiro atoms. The van der Waals surface area contributed by atoms with Crippen molar-refractivity contribution in [3.05, 3.63) is 39.7 Å². The van der Waals surface area contributed by atoms with E-state index in [0.29, 0.717) is 25.9 Å². The number of aliphatic carboxylic acids is 1. The first-order valence-electron chi connectivity index (χ1n) is 6.36. The Morgan fingerprint density at radius 1 is 1.52 bits per heavy atom. The molecule has 116 valence electrons. The highest BCUT2D eigenvalue weighted by Gasteiger charge is 2.27. The van der Waals surface area contributed by atoms with Crippen molar-refractivity contribution in [2.45, 2.75) is 19.4 Å². The molecule has 6 nitrogen and oxygen atoms in total. The summed E-state index contributed by atoms with van der Waals surface area (Å²) in [5.41, 5.74) is -0.244.